The van der Waals surface area contributed by atoms with Crippen LogP contribution in [0.4, 0.5) is 0 Å². The molecule has 0 unspecified atom stereocenters. The second-order valence-electron chi connectivity index (χ2n) is 4.65. The lowest BCUT2D eigenvalue weighted by Gasteiger charge is -2.08. The van der Waals surface area contributed by atoms with Gasteiger partial charge in [0.2, 0.25) is 0 Å². The molecule has 148 valence electrons. The summed E-state index contributed by atoms with van der Waals surface area (Å²) in [6.45, 7) is 6.83. The fourth-order valence-corrected chi connectivity index (χ4v) is 1.52. The maximum absolute atomic E-state index is 8.50. The van der Waals surface area contributed by atoms with Gasteiger partial charge in [0.25, 0.3) is 0 Å². The zero-order valence-electron chi connectivity index (χ0n) is 15.0. The van der Waals surface area contributed by atoms with Gasteiger partial charge >= 0.3 is 0 Å². The van der Waals surface area contributed by atoms with Crippen LogP contribution in [0.15, 0.2) is 0 Å². The minimum atomic E-state index is 0.0328. The molecule has 0 saturated carbocycles. The molecule has 0 bridgehead atoms. The van der Waals surface area contributed by atoms with Crippen LogP contribution in [0.25, 0.3) is 0 Å². The molecular formula is C17H32O8. The smallest absolute Gasteiger partial charge is 0.107 e. The first-order chi connectivity index (χ1) is 12.4. The van der Waals surface area contributed by atoms with Crippen LogP contribution in [0.2, 0.25) is 0 Å². The van der Waals surface area contributed by atoms with E-state index in [1.54, 1.807) is 0 Å². The molecule has 0 fully saturated rings. The van der Waals surface area contributed by atoms with Crippen LogP contribution in [-0.4, -0.2) is 104 Å². The third-order valence-corrected chi connectivity index (χ3v) is 2.65. The van der Waals surface area contributed by atoms with E-state index in [9.17, 15) is 0 Å². The molecule has 8 heteroatoms. The van der Waals surface area contributed by atoms with Gasteiger partial charge in [-0.25, -0.2) is 0 Å². The van der Waals surface area contributed by atoms with Gasteiger partial charge in [-0.15, -0.1) is 6.42 Å². The Balaban J connectivity index is 2.95. The van der Waals surface area contributed by atoms with Gasteiger partial charge in [-0.2, -0.15) is 0 Å². The summed E-state index contributed by atoms with van der Waals surface area (Å²) in [5.74, 6) is 2.39. The molecule has 0 aromatic carbocycles. The summed E-state index contributed by atoms with van der Waals surface area (Å²) in [6, 6.07) is 0. The van der Waals surface area contributed by atoms with E-state index >= 15 is 0 Å². The number of hydrogen-bond donors (Lipinski definition) is 1. The van der Waals surface area contributed by atoms with Gasteiger partial charge in [-0.1, -0.05) is 5.92 Å². The van der Waals surface area contributed by atoms with E-state index in [1.807, 2.05) is 0 Å². The maximum Gasteiger partial charge on any atom is 0.107 e. The summed E-state index contributed by atoms with van der Waals surface area (Å²) < 4.78 is 36.7. The molecule has 25 heavy (non-hydrogen) atoms. The number of aliphatic hydroxyl groups is 1. The SMILES string of the molecule is C#CCOCCOCCOCCOCCOCCOCCOCCO. The van der Waals surface area contributed by atoms with Crippen molar-refractivity contribution in [2.24, 2.45) is 0 Å². The Bertz CT molecular complexity index is 282. The van der Waals surface area contributed by atoms with E-state index in [2.05, 4.69) is 5.92 Å². The Kier molecular flexibility index (Phi) is 22.5. The molecule has 0 aromatic rings. The zero-order chi connectivity index (χ0) is 18.3. The third kappa shape index (κ3) is 23.2. The highest BCUT2D eigenvalue weighted by Gasteiger charge is 1.94. The molecule has 0 spiro atoms. The van der Waals surface area contributed by atoms with Gasteiger partial charge in [0, 0.05) is 0 Å². The summed E-state index contributed by atoms with van der Waals surface area (Å²) in [6.07, 6.45) is 5.04. The number of hydrogen-bond acceptors (Lipinski definition) is 8. The van der Waals surface area contributed by atoms with Crippen LogP contribution in [0.1, 0.15) is 0 Å². The van der Waals surface area contributed by atoms with Gasteiger partial charge < -0.3 is 38.3 Å². The third-order valence-electron chi connectivity index (χ3n) is 2.65. The quantitative estimate of drug-likeness (QED) is 0.220. The Morgan fingerprint density at radius 2 is 0.760 bits per heavy atom. The molecule has 0 amide bonds. The number of terminal acetylenes is 1. The highest BCUT2D eigenvalue weighted by molar-refractivity contribution is 4.82. The molecule has 0 atom stereocenters. The fraction of sp³-hybridized carbons (Fsp3) is 0.882. The molecule has 8 nitrogen and oxygen atoms in total. The predicted octanol–water partition coefficient (Wildman–Crippen LogP) is -0.272. The minimum absolute atomic E-state index is 0.0328. The molecule has 0 heterocycles. The van der Waals surface area contributed by atoms with Gasteiger partial charge in [0.15, 0.2) is 0 Å². The van der Waals surface area contributed by atoms with Crippen molar-refractivity contribution in [3.63, 3.8) is 0 Å². The van der Waals surface area contributed by atoms with Crippen molar-refractivity contribution in [2.45, 2.75) is 0 Å². The van der Waals surface area contributed by atoms with Crippen molar-refractivity contribution in [1.29, 1.82) is 0 Å². The largest absolute Gasteiger partial charge is 0.394 e. The highest BCUT2D eigenvalue weighted by Crippen LogP contribution is 1.85. The monoisotopic (exact) mass is 364 g/mol. The van der Waals surface area contributed by atoms with Gasteiger partial charge in [0.1, 0.15) is 6.61 Å². The molecule has 1 N–H and O–H groups in total. The summed E-state index contributed by atoms with van der Waals surface area (Å²) in [5, 5.41) is 8.50. The average Bonchev–Trinajstić information content (AvgIpc) is 2.63. The molecule has 0 aliphatic carbocycles. The second-order valence-corrected chi connectivity index (χ2v) is 4.65. The lowest BCUT2D eigenvalue weighted by atomic mass is 10.6. The Morgan fingerprint density at radius 1 is 0.480 bits per heavy atom. The van der Waals surface area contributed by atoms with Crippen molar-refractivity contribution >= 4 is 0 Å². The first kappa shape index (κ1) is 24.2. The Hall–Kier alpha value is -0.760. The zero-order valence-corrected chi connectivity index (χ0v) is 15.0. The van der Waals surface area contributed by atoms with Gasteiger partial charge in [-0.3, -0.25) is 0 Å². The van der Waals surface area contributed by atoms with Crippen molar-refractivity contribution in [3.05, 3.63) is 0 Å². The van der Waals surface area contributed by atoms with Crippen molar-refractivity contribution < 1.29 is 38.3 Å². The molecule has 0 rings (SSSR count). The molecule has 0 aromatic heterocycles. The Labute approximate surface area is 150 Å². The van der Waals surface area contributed by atoms with E-state index in [-0.39, 0.29) is 6.61 Å². The van der Waals surface area contributed by atoms with Crippen molar-refractivity contribution in [3.8, 4) is 12.3 Å². The normalized spacial score (nSPS) is 10.9. The first-order valence-electron chi connectivity index (χ1n) is 8.50. The van der Waals surface area contributed by atoms with Crippen molar-refractivity contribution in [1.82, 2.24) is 0 Å². The van der Waals surface area contributed by atoms with Crippen molar-refractivity contribution in [2.75, 3.05) is 99.1 Å². The van der Waals surface area contributed by atoms with Crippen LogP contribution in [-0.2, 0) is 33.2 Å². The predicted molar refractivity (Wildman–Crippen MR) is 91.7 cm³/mol. The summed E-state index contributed by atoms with van der Waals surface area (Å²) >= 11 is 0. The van der Waals surface area contributed by atoms with E-state index in [1.165, 1.54) is 0 Å². The van der Waals surface area contributed by atoms with Crippen LogP contribution < -0.4 is 0 Å². The van der Waals surface area contributed by atoms with Crippen LogP contribution in [0.5, 0.6) is 0 Å². The number of rotatable bonds is 21. The van der Waals surface area contributed by atoms with E-state index in [4.69, 9.17) is 44.7 Å². The molecular weight excluding hydrogens is 332 g/mol. The molecule has 0 aliphatic heterocycles. The number of aliphatic hydroxyl groups excluding tert-OH is 1. The van der Waals surface area contributed by atoms with E-state index in [0.29, 0.717) is 92.5 Å². The topological polar surface area (TPSA) is 84.8 Å². The van der Waals surface area contributed by atoms with E-state index in [0.717, 1.165) is 0 Å². The fourth-order valence-electron chi connectivity index (χ4n) is 1.52. The first-order valence-corrected chi connectivity index (χ1v) is 8.50. The van der Waals surface area contributed by atoms with Gasteiger partial charge in [-0.05, 0) is 0 Å². The standard InChI is InChI=1S/C17H32O8/c1-2-4-19-6-8-21-10-12-23-14-16-25-17-15-24-13-11-22-9-7-20-5-3-18/h1,18H,3-17H2. The van der Waals surface area contributed by atoms with Crippen LogP contribution in [0.3, 0.4) is 0 Å². The average molecular weight is 364 g/mol. The highest BCUT2D eigenvalue weighted by atomic mass is 16.6. The molecule has 0 aliphatic rings. The summed E-state index contributed by atoms with van der Waals surface area (Å²) in [7, 11) is 0. The Morgan fingerprint density at radius 3 is 1.04 bits per heavy atom. The van der Waals surface area contributed by atoms with Crippen LogP contribution in [0, 0.1) is 12.3 Å². The summed E-state index contributed by atoms with van der Waals surface area (Å²) in [5.41, 5.74) is 0. The molecule has 0 radical (unpaired) electrons. The van der Waals surface area contributed by atoms with Crippen LogP contribution >= 0.6 is 0 Å². The molecule has 0 saturated heterocycles. The second kappa shape index (κ2) is 23.2. The minimum Gasteiger partial charge on any atom is -0.394 e. The lowest BCUT2D eigenvalue weighted by molar-refractivity contribution is -0.0207. The number of ether oxygens (including phenoxy) is 7. The maximum atomic E-state index is 8.50. The summed E-state index contributed by atoms with van der Waals surface area (Å²) in [4.78, 5) is 0. The van der Waals surface area contributed by atoms with Gasteiger partial charge in [0.05, 0.1) is 92.5 Å². The lowest BCUT2D eigenvalue weighted by Crippen LogP contribution is -2.14. The van der Waals surface area contributed by atoms with E-state index < -0.39 is 0 Å².